The number of carbonyl (C=O) groups is 2. The number of amides is 2. The first-order chi connectivity index (χ1) is 13.4. The van der Waals surface area contributed by atoms with Crippen LogP contribution in [-0.4, -0.2) is 47.7 Å². The molecular formula is C21H25N3O4. The number of pyridine rings is 1. The summed E-state index contributed by atoms with van der Waals surface area (Å²) in [7, 11) is 1.53. The third kappa shape index (κ3) is 5.53. The summed E-state index contributed by atoms with van der Waals surface area (Å²) in [5.41, 5.74) is 2.19. The third-order valence-corrected chi connectivity index (χ3v) is 4.29. The highest BCUT2D eigenvalue weighted by Gasteiger charge is 2.24. The predicted molar refractivity (Wildman–Crippen MR) is 105 cm³/mol. The zero-order valence-electron chi connectivity index (χ0n) is 16.1. The first-order valence-corrected chi connectivity index (χ1v) is 9.38. The normalized spacial score (nSPS) is 14.2. The number of hydrogen-bond acceptors (Lipinski definition) is 5. The number of aromatic nitrogens is 1. The summed E-state index contributed by atoms with van der Waals surface area (Å²) in [5.74, 6) is 0.120. The van der Waals surface area contributed by atoms with E-state index in [1.165, 1.54) is 13.1 Å². The molecule has 1 saturated carbocycles. The average Bonchev–Trinajstić information content (AvgIpc) is 3.49. The molecule has 1 aliphatic rings. The molecule has 28 heavy (non-hydrogen) atoms. The smallest absolute Gasteiger partial charge is 0.269 e. The summed E-state index contributed by atoms with van der Waals surface area (Å²) in [6.07, 6.45) is 1.87. The summed E-state index contributed by atoms with van der Waals surface area (Å²) in [5, 5.41) is 14.9. The number of nitrogens with one attached hydrogen (secondary N) is 2. The Kier molecular flexibility index (Phi) is 6.26. The molecule has 1 heterocycles. The Balaban J connectivity index is 1.82. The van der Waals surface area contributed by atoms with Gasteiger partial charge in [-0.15, -0.1) is 0 Å². The molecule has 2 aromatic rings. The first-order valence-electron chi connectivity index (χ1n) is 9.38. The van der Waals surface area contributed by atoms with Gasteiger partial charge in [-0.2, -0.15) is 0 Å². The van der Waals surface area contributed by atoms with Gasteiger partial charge in [0.1, 0.15) is 18.1 Å². The fourth-order valence-corrected chi connectivity index (χ4v) is 2.72. The molecule has 7 heteroatoms. The Morgan fingerprint density at radius 3 is 2.71 bits per heavy atom. The van der Waals surface area contributed by atoms with Crippen LogP contribution in [0.3, 0.4) is 0 Å². The van der Waals surface area contributed by atoms with E-state index in [4.69, 9.17) is 4.74 Å². The monoisotopic (exact) mass is 383 g/mol. The first kappa shape index (κ1) is 19.8. The molecule has 148 valence electrons. The maximum Gasteiger partial charge on any atom is 0.269 e. The number of nitrogens with zero attached hydrogens (tertiary/aromatic N) is 1. The second-order valence-corrected chi connectivity index (χ2v) is 7.04. The van der Waals surface area contributed by atoms with Crippen molar-refractivity contribution in [2.24, 2.45) is 0 Å². The van der Waals surface area contributed by atoms with E-state index in [2.05, 4.69) is 15.6 Å². The van der Waals surface area contributed by atoms with Crippen LogP contribution in [-0.2, 0) is 6.42 Å². The second-order valence-electron chi connectivity index (χ2n) is 7.04. The van der Waals surface area contributed by atoms with Gasteiger partial charge in [-0.3, -0.25) is 9.59 Å². The molecule has 3 N–H and O–H groups in total. The topological polar surface area (TPSA) is 101 Å². The average molecular weight is 383 g/mol. The zero-order chi connectivity index (χ0) is 20.1. The highest BCUT2D eigenvalue weighted by atomic mass is 16.5. The molecule has 2 amide bonds. The van der Waals surface area contributed by atoms with Crippen molar-refractivity contribution in [3.05, 3.63) is 58.9 Å². The van der Waals surface area contributed by atoms with Crippen molar-refractivity contribution in [2.75, 3.05) is 13.7 Å². The lowest BCUT2D eigenvalue weighted by Crippen LogP contribution is -2.27. The molecule has 1 atom stereocenters. The van der Waals surface area contributed by atoms with Crippen molar-refractivity contribution >= 4 is 11.8 Å². The molecule has 0 unspecified atom stereocenters. The minimum Gasteiger partial charge on any atom is -0.491 e. The van der Waals surface area contributed by atoms with Crippen LogP contribution in [0.15, 0.2) is 36.4 Å². The van der Waals surface area contributed by atoms with Crippen LogP contribution in [0.5, 0.6) is 5.75 Å². The molecule has 3 rings (SSSR count). The molecule has 0 radical (unpaired) electrons. The number of rotatable bonds is 8. The molecule has 0 aliphatic heterocycles. The lowest BCUT2D eigenvalue weighted by Gasteiger charge is -2.11. The number of carbonyl (C=O) groups excluding carboxylic acids is 2. The van der Waals surface area contributed by atoms with E-state index in [0.717, 1.165) is 18.4 Å². The number of ether oxygens (including phenoxy) is 1. The lowest BCUT2D eigenvalue weighted by molar-refractivity contribution is 0.0951. The SMILES string of the molecule is CNC(=O)c1cc(C(=O)NC2CC2)cc(Cc2cccc(OC[C@H](C)O)c2)n1. The maximum atomic E-state index is 12.5. The van der Waals surface area contributed by atoms with Crippen molar-refractivity contribution in [1.29, 1.82) is 0 Å². The highest BCUT2D eigenvalue weighted by Crippen LogP contribution is 2.21. The van der Waals surface area contributed by atoms with Crippen molar-refractivity contribution in [3.63, 3.8) is 0 Å². The van der Waals surface area contributed by atoms with Gasteiger partial charge in [0.2, 0.25) is 0 Å². The minimum absolute atomic E-state index is 0.190. The molecule has 0 spiro atoms. The molecular weight excluding hydrogens is 358 g/mol. The van der Waals surface area contributed by atoms with Crippen molar-refractivity contribution in [3.8, 4) is 5.75 Å². The van der Waals surface area contributed by atoms with E-state index in [1.54, 1.807) is 13.0 Å². The van der Waals surface area contributed by atoms with Gasteiger partial charge in [-0.25, -0.2) is 4.98 Å². The number of benzene rings is 1. The van der Waals surface area contributed by atoms with Gasteiger partial charge in [0.15, 0.2) is 0 Å². The molecule has 0 saturated heterocycles. The van der Waals surface area contributed by atoms with Gasteiger partial charge in [0, 0.05) is 30.8 Å². The Morgan fingerprint density at radius 1 is 1.25 bits per heavy atom. The van der Waals surface area contributed by atoms with Gasteiger partial charge in [0.25, 0.3) is 11.8 Å². The van der Waals surface area contributed by atoms with Crippen LogP contribution in [0, 0.1) is 0 Å². The Morgan fingerprint density at radius 2 is 2.04 bits per heavy atom. The van der Waals surface area contributed by atoms with Crippen LogP contribution in [0.1, 0.15) is 51.9 Å². The Labute approximate surface area is 164 Å². The van der Waals surface area contributed by atoms with Gasteiger partial charge in [-0.05, 0) is 49.6 Å². The van der Waals surface area contributed by atoms with E-state index in [1.807, 2.05) is 24.3 Å². The van der Waals surface area contributed by atoms with E-state index < -0.39 is 6.10 Å². The quantitative estimate of drug-likeness (QED) is 0.644. The summed E-state index contributed by atoms with van der Waals surface area (Å²) in [6.45, 7) is 1.87. The van der Waals surface area contributed by atoms with Gasteiger partial charge in [0.05, 0.1) is 6.10 Å². The van der Waals surface area contributed by atoms with E-state index >= 15 is 0 Å². The van der Waals surface area contributed by atoms with Crippen molar-refractivity contribution in [2.45, 2.75) is 38.3 Å². The van der Waals surface area contributed by atoms with Crippen LogP contribution in [0.2, 0.25) is 0 Å². The summed E-state index contributed by atoms with van der Waals surface area (Å²) >= 11 is 0. The Hall–Kier alpha value is -2.93. The Bertz CT molecular complexity index is 862. The fourth-order valence-electron chi connectivity index (χ4n) is 2.72. The van der Waals surface area contributed by atoms with Gasteiger partial charge >= 0.3 is 0 Å². The fraction of sp³-hybridized carbons (Fsp3) is 0.381. The largest absolute Gasteiger partial charge is 0.491 e. The van der Waals surface area contributed by atoms with Crippen LogP contribution < -0.4 is 15.4 Å². The molecule has 0 bridgehead atoms. The number of aliphatic hydroxyl groups excluding tert-OH is 1. The molecule has 1 fully saturated rings. The predicted octanol–water partition coefficient (Wildman–Crippen LogP) is 1.68. The van der Waals surface area contributed by atoms with Crippen LogP contribution in [0.25, 0.3) is 0 Å². The molecule has 1 aromatic carbocycles. The van der Waals surface area contributed by atoms with E-state index in [9.17, 15) is 14.7 Å². The standard InChI is InChI=1S/C21H25N3O4/c1-13(25)12-28-18-5-3-4-14(9-18)8-17-10-15(20(26)24-16-6-7-16)11-19(23-17)21(27)22-2/h3-5,9-11,13,16,25H,6-8,12H2,1-2H3,(H,22,27)(H,24,26)/t13-/m0/s1. The molecule has 1 aliphatic carbocycles. The minimum atomic E-state index is -0.554. The lowest BCUT2D eigenvalue weighted by atomic mass is 10.1. The number of aliphatic hydroxyl groups is 1. The van der Waals surface area contributed by atoms with E-state index in [0.29, 0.717) is 23.4 Å². The third-order valence-electron chi connectivity index (χ3n) is 4.29. The highest BCUT2D eigenvalue weighted by molar-refractivity contribution is 5.98. The summed E-state index contributed by atoms with van der Waals surface area (Å²) < 4.78 is 5.54. The van der Waals surface area contributed by atoms with Gasteiger partial charge < -0.3 is 20.5 Å². The summed E-state index contributed by atoms with van der Waals surface area (Å²) in [6, 6.07) is 10.9. The molecule has 7 nitrogen and oxygen atoms in total. The number of hydrogen-bond donors (Lipinski definition) is 3. The second kappa shape index (κ2) is 8.84. The zero-order valence-corrected chi connectivity index (χ0v) is 16.1. The maximum absolute atomic E-state index is 12.5. The molecule has 1 aromatic heterocycles. The summed E-state index contributed by atoms with van der Waals surface area (Å²) in [4.78, 5) is 28.9. The van der Waals surface area contributed by atoms with Crippen molar-refractivity contribution in [1.82, 2.24) is 15.6 Å². The van der Waals surface area contributed by atoms with E-state index in [-0.39, 0.29) is 30.2 Å². The van der Waals surface area contributed by atoms with Crippen LogP contribution in [0.4, 0.5) is 0 Å². The van der Waals surface area contributed by atoms with Crippen molar-refractivity contribution < 1.29 is 19.4 Å². The van der Waals surface area contributed by atoms with Gasteiger partial charge in [-0.1, -0.05) is 12.1 Å². The van der Waals surface area contributed by atoms with Crippen LogP contribution >= 0.6 is 0 Å².